The van der Waals surface area contributed by atoms with Crippen molar-refractivity contribution in [1.29, 1.82) is 0 Å². The summed E-state index contributed by atoms with van der Waals surface area (Å²) in [4.78, 5) is 49.9. The summed E-state index contributed by atoms with van der Waals surface area (Å²) in [7, 11) is 0. The van der Waals surface area contributed by atoms with Gasteiger partial charge in [0.2, 0.25) is 0 Å². The second kappa shape index (κ2) is 10.8. The molecule has 0 aromatic heterocycles. The number of carbonyl (C=O) groups excluding carboxylic acids is 4. The van der Waals surface area contributed by atoms with E-state index < -0.39 is 23.2 Å². The van der Waals surface area contributed by atoms with E-state index in [-0.39, 0.29) is 24.0 Å². The number of ether oxygens (including phenoxy) is 2. The summed E-state index contributed by atoms with van der Waals surface area (Å²) in [6.45, 7) is 5.09. The molecule has 1 aliphatic rings. The number of nitrogens with one attached hydrogen (secondary N) is 1. The number of rotatable bonds is 8. The van der Waals surface area contributed by atoms with Gasteiger partial charge in [0, 0.05) is 5.69 Å². The maximum Gasteiger partial charge on any atom is 0.329 e. The maximum atomic E-state index is 12.6. The predicted octanol–water partition coefficient (Wildman–Crippen LogP) is 4.00. The third-order valence-corrected chi connectivity index (χ3v) is 5.61. The molecule has 0 bridgehead atoms. The van der Waals surface area contributed by atoms with Crippen LogP contribution in [0.25, 0.3) is 6.08 Å². The van der Waals surface area contributed by atoms with Crippen LogP contribution in [0, 0.1) is 6.92 Å². The Morgan fingerprint density at radius 1 is 1.09 bits per heavy atom. The summed E-state index contributed by atoms with van der Waals surface area (Å²) in [5.74, 6) is -0.977. The minimum absolute atomic E-state index is 0.155. The van der Waals surface area contributed by atoms with Crippen molar-refractivity contribution in [3.8, 4) is 5.75 Å². The number of imide groups is 1. The van der Waals surface area contributed by atoms with Crippen molar-refractivity contribution in [2.24, 2.45) is 0 Å². The lowest BCUT2D eigenvalue weighted by atomic mass is 10.2. The fraction of sp³-hybridized carbons (Fsp3) is 0.250. The van der Waals surface area contributed by atoms with Gasteiger partial charge in [-0.25, -0.2) is 4.79 Å². The first kappa shape index (κ1) is 24.1. The first-order valence-electron chi connectivity index (χ1n) is 10.3. The van der Waals surface area contributed by atoms with E-state index >= 15 is 0 Å². The minimum atomic E-state index is -0.995. The number of benzene rings is 2. The number of amides is 3. The van der Waals surface area contributed by atoms with Gasteiger partial charge in [-0.15, -0.1) is 0 Å². The van der Waals surface area contributed by atoms with Crippen molar-refractivity contribution in [3.63, 3.8) is 0 Å². The van der Waals surface area contributed by atoms with E-state index in [0.29, 0.717) is 17.0 Å². The maximum absolute atomic E-state index is 12.6. The summed E-state index contributed by atoms with van der Waals surface area (Å²) in [5, 5.41) is 2.23. The van der Waals surface area contributed by atoms with Crippen LogP contribution in [0.4, 0.5) is 10.5 Å². The Labute approximate surface area is 195 Å². The Morgan fingerprint density at radius 2 is 1.76 bits per heavy atom. The fourth-order valence-corrected chi connectivity index (χ4v) is 3.88. The fourth-order valence-electron chi connectivity index (χ4n) is 2.98. The molecule has 0 unspecified atom stereocenters. The Hall–Kier alpha value is -3.59. The van der Waals surface area contributed by atoms with Gasteiger partial charge in [-0.05, 0) is 68.4 Å². The average Bonchev–Trinajstić information content (AvgIpc) is 3.07. The van der Waals surface area contributed by atoms with Gasteiger partial charge >= 0.3 is 5.97 Å². The monoisotopic (exact) mass is 468 g/mol. The molecule has 1 heterocycles. The molecule has 1 saturated heterocycles. The zero-order valence-electron chi connectivity index (χ0n) is 18.5. The van der Waals surface area contributed by atoms with Crippen molar-refractivity contribution in [3.05, 3.63) is 64.6 Å². The molecule has 0 aliphatic carbocycles. The van der Waals surface area contributed by atoms with Gasteiger partial charge in [0.05, 0.1) is 11.5 Å². The summed E-state index contributed by atoms with van der Waals surface area (Å²) in [6.07, 6.45) is 1.57. The smallest absolute Gasteiger partial charge is 0.329 e. The number of nitrogens with zero attached hydrogens (tertiary/aromatic N) is 1. The van der Waals surface area contributed by atoms with Crippen LogP contribution in [0.2, 0.25) is 0 Å². The normalized spacial score (nSPS) is 15.5. The molecule has 1 aliphatic heterocycles. The van der Waals surface area contributed by atoms with Crippen LogP contribution < -0.4 is 10.1 Å². The van der Waals surface area contributed by atoms with Crippen LogP contribution in [0.1, 0.15) is 25.0 Å². The highest BCUT2D eigenvalue weighted by Crippen LogP contribution is 2.34. The van der Waals surface area contributed by atoms with Crippen LogP contribution >= 0.6 is 11.8 Å². The largest absolute Gasteiger partial charge is 0.484 e. The molecule has 1 N–H and O–H groups in total. The number of carbonyl (C=O) groups is 4. The molecule has 1 fully saturated rings. The van der Waals surface area contributed by atoms with Crippen LogP contribution in [0.5, 0.6) is 5.75 Å². The highest BCUT2D eigenvalue weighted by atomic mass is 32.2. The van der Waals surface area contributed by atoms with E-state index in [0.717, 1.165) is 22.2 Å². The van der Waals surface area contributed by atoms with E-state index in [1.54, 1.807) is 37.3 Å². The minimum Gasteiger partial charge on any atom is -0.484 e. The SMILES string of the molecule is CCOC(=O)[C@@H](C)N1C(=O)S/C(=C/c2ccc(OCC(=O)Nc3ccc(C)cc3)cc2)C1=O. The number of aryl methyl sites for hydroxylation is 1. The van der Waals surface area contributed by atoms with Gasteiger partial charge in [0.15, 0.2) is 6.61 Å². The van der Waals surface area contributed by atoms with E-state index in [1.807, 2.05) is 31.2 Å². The van der Waals surface area contributed by atoms with Gasteiger partial charge in [-0.1, -0.05) is 29.8 Å². The highest BCUT2D eigenvalue weighted by molar-refractivity contribution is 8.18. The number of esters is 1. The summed E-state index contributed by atoms with van der Waals surface area (Å²) < 4.78 is 10.4. The molecule has 172 valence electrons. The topological polar surface area (TPSA) is 102 Å². The molecule has 33 heavy (non-hydrogen) atoms. The molecule has 0 radical (unpaired) electrons. The second-order valence-corrected chi connectivity index (χ2v) is 8.24. The Kier molecular flexibility index (Phi) is 7.89. The number of hydrogen-bond acceptors (Lipinski definition) is 7. The van der Waals surface area contributed by atoms with Crippen molar-refractivity contribution in [2.45, 2.75) is 26.8 Å². The van der Waals surface area contributed by atoms with E-state index in [9.17, 15) is 19.2 Å². The zero-order chi connectivity index (χ0) is 24.0. The van der Waals surface area contributed by atoms with Gasteiger partial charge in [-0.2, -0.15) is 0 Å². The molecule has 2 aromatic carbocycles. The lowest BCUT2D eigenvalue weighted by Crippen LogP contribution is -2.42. The molecule has 2 aromatic rings. The second-order valence-electron chi connectivity index (χ2n) is 7.25. The van der Waals surface area contributed by atoms with Crippen molar-refractivity contribution < 1.29 is 28.7 Å². The number of hydrogen-bond donors (Lipinski definition) is 1. The van der Waals surface area contributed by atoms with E-state index in [1.165, 1.54) is 6.92 Å². The molecule has 1 atom stereocenters. The number of anilines is 1. The first-order valence-corrected chi connectivity index (χ1v) is 11.1. The molecule has 3 rings (SSSR count). The van der Waals surface area contributed by atoms with Crippen LogP contribution in [0.3, 0.4) is 0 Å². The third kappa shape index (κ3) is 6.23. The lowest BCUT2D eigenvalue weighted by Gasteiger charge is -2.19. The zero-order valence-corrected chi connectivity index (χ0v) is 19.3. The Bertz CT molecular complexity index is 1080. The Balaban J connectivity index is 1.58. The summed E-state index contributed by atoms with van der Waals surface area (Å²) >= 11 is 0.767. The van der Waals surface area contributed by atoms with E-state index in [2.05, 4.69) is 5.32 Å². The Morgan fingerprint density at radius 3 is 2.39 bits per heavy atom. The summed E-state index contributed by atoms with van der Waals surface area (Å²) in [6, 6.07) is 13.2. The van der Waals surface area contributed by atoms with Gasteiger partial charge in [-0.3, -0.25) is 19.3 Å². The highest BCUT2D eigenvalue weighted by Gasteiger charge is 2.41. The van der Waals surface area contributed by atoms with Crippen LogP contribution in [-0.4, -0.2) is 47.2 Å². The quantitative estimate of drug-likeness (QED) is 0.461. The van der Waals surface area contributed by atoms with E-state index in [4.69, 9.17) is 9.47 Å². The molecular formula is C24H24N2O6S. The molecule has 9 heteroatoms. The van der Waals surface area contributed by atoms with Gasteiger partial charge in [0.1, 0.15) is 11.8 Å². The molecule has 0 spiro atoms. The average molecular weight is 469 g/mol. The van der Waals surface area contributed by atoms with Gasteiger partial charge < -0.3 is 14.8 Å². The number of thioether (sulfide) groups is 1. The third-order valence-electron chi connectivity index (χ3n) is 4.72. The molecule has 8 nitrogen and oxygen atoms in total. The lowest BCUT2D eigenvalue weighted by molar-refractivity contribution is -0.150. The van der Waals surface area contributed by atoms with Crippen molar-refractivity contribution in [1.82, 2.24) is 4.90 Å². The molecule has 0 saturated carbocycles. The van der Waals surface area contributed by atoms with Crippen LogP contribution in [-0.2, 0) is 19.1 Å². The van der Waals surface area contributed by atoms with Crippen molar-refractivity contribution >= 4 is 46.5 Å². The van der Waals surface area contributed by atoms with Crippen LogP contribution in [0.15, 0.2) is 53.4 Å². The first-order chi connectivity index (χ1) is 15.8. The van der Waals surface area contributed by atoms with Gasteiger partial charge in [0.25, 0.3) is 17.1 Å². The summed E-state index contributed by atoms with van der Waals surface area (Å²) in [5.41, 5.74) is 2.46. The standard InChI is InChI=1S/C24H24N2O6S/c1-4-31-23(29)16(3)26-22(28)20(33-24(26)30)13-17-7-11-19(12-8-17)32-14-21(27)25-18-9-5-15(2)6-10-18/h5-13,16H,4,14H2,1-3H3,(H,25,27)/b20-13+/t16-/m1/s1. The molecular weight excluding hydrogens is 444 g/mol. The predicted molar refractivity (Wildman–Crippen MR) is 126 cm³/mol. The van der Waals surface area contributed by atoms with Crippen molar-refractivity contribution in [2.75, 3.05) is 18.5 Å². The molecule has 3 amide bonds.